The fourth-order valence-electron chi connectivity index (χ4n) is 2.08. The van der Waals surface area contributed by atoms with Crippen LogP contribution in [0.15, 0.2) is 16.3 Å². The van der Waals surface area contributed by atoms with Gasteiger partial charge in [-0.1, -0.05) is 11.6 Å². The highest BCUT2D eigenvalue weighted by Gasteiger charge is 2.31. The summed E-state index contributed by atoms with van der Waals surface area (Å²) in [7, 11) is -6.78. The Labute approximate surface area is 127 Å². The predicted molar refractivity (Wildman–Crippen MR) is 79.1 cm³/mol. The van der Waals surface area contributed by atoms with Crippen molar-refractivity contribution in [2.45, 2.75) is 23.1 Å². The minimum Gasteiger partial charge on any atom is -0.213 e. The van der Waals surface area contributed by atoms with E-state index in [-0.39, 0.29) is 10.3 Å². The van der Waals surface area contributed by atoms with Crippen molar-refractivity contribution in [3.63, 3.8) is 0 Å². The molecule has 20 heavy (non-hydrogen) atoms. The van der Waals surface area contributed by atoms with Gasteiger partial charge >= 0.3 is 0 Å². The molecule has 0 spiro atoms. The molecule has 0 atom stereocenters. The maximum absolute atomic E-state index is 12.3. The molecule has 114 valence electrons. The average Bonchev–Trinajstić information content (AvgIpc) is 2.75. The van der Waals surface area contributed by atoms with E-state index in [9.17, 15) is 16.8 Å². The minimum absolute atomic E-state index is 0.205. The average molecular weight is 359 g/mol. The van der Waals surface area contributed by atoms with Gasteiger partial charge in [0.2, 0.25) is 10.0 Å². The van der Waals surface area contributed by atoms with Gasteiger partial charge in [-0.15, -0.1) is 11.3 Å². The number of hydrogen-bond acceptors (Lipinski definition) is 5. The fourth-order valence-corrected chi connectivity index (χ4v) is 6.03. The number of hydrogen-bond donors (Lipinski definition) is 1. The lowest BCUT2D eigenvalue weighted by Gasteiger charge is -2.30. The van der Waals surface area contributed by atoms with Crippen molar-refractivity contribution in [3.8, 4) is 0 Å². The van der Waals surface area contributed by atoms with Gasteiger partial charge in [0, 0.05) is 19.1 Å². The third kappa shape index (κ3) is 3.92. The maximum Gasteiger partial charge on any atom is 0.252 e. The number of sulfonamides is 2. The van der Waals surface area contributed by atoms with Crippen molar-refractivity contribution in [2.24, 2.45) is 0 Å². The van der Waals surface area contributed by atoms with Crippen LogP contribution in [0.2, 0.25) is 4.34 Å². The van der Waals surface area contributed by atoms with E-state index < -0.39 is 20.0 Å². The molecule has 0 aromatic carbocycles. The van der Waals surface area contributed by atoms with Crippen LogP contribution in [0, 0.1) is 0 Å². The minimum atomic E-state index is -3.52. The van der Waals surface area contributed by atoms with E-state index >= 15 is 0 Å². The zero-order valence-electron chi connectivity index (χ0n) is 10.7. The number of piperidine rings is 1. The summed E-state index contributed by atoms with van der Waals surface area (Å²) in [5, 5.41) is 0. The van der Waals surface area contributed by atoms with Gasteiger partial charge in [0.25, 0.3) is 10.0 Å². The topological polar surface area (TPSA) is 83.6 Å². The molecule has 0 unspecified atom stereocenters. The molecule has 10 heteroatoms. The Bertz CT molecular complexity index is 675. The van der Waals surface area contributed by atoms with Gasteiger partial charge in [-0.05, 0) is 25.0 Å². The van der Waals surface area contributed by atoms with Gasteiger partial charge in [0.15, 0.2) is 0 Å². The summed E-state index contributed by atoms with van der Waals surface area (Å²) in [5.41, 5.74) is 0. The van der Waals surface area contributed by atoms with Gasteiger partial charge in [-0.2, -0.15) is 4.31 Å². The van der Waals surface area contributed by atoms with Crippen molar-refractivity contribution in [3.05, 3.63) is 16.5 Å². The first kappa shape index (κ1) is 16.2. The standard InChI is InChI=1S/C10H15ClN2O4S3/c1-19(14,15)12-8-4-6-13(7-5-8)20(16,17)10-3-2-9(11)18-10/h2-3,8,12H,4-7H2,1H3. The monoisotopic (exact) mass is 358 g/mol. The Morgan fingerprint density at radius 2 is 1.85 bits per heavy atom. The number of nitrogens with zero attached hydrogens (tertiary/aromatic N) is 1. The number of thiophene rings is 1. The molecule has 2 heterocycles. The van der Waals surface area contributed by atoms with E-state index in [1.807, 2.05) is 0 Å². The molecule has 0 radical (unpaired) electrons. The van der Waals surface area contributed by atoms with Crippen LogP contribution in [0.3, 0.4) is 0 Å². The third-order valence-corrected chi connectivity index (χ3v) is 7.34. The number of rotatable bonds is 4. The molecule has 0 amide bonds. The van der Waals surface area contributed by atoms with E-state index in [0.717, 1.165) is 17.6 Å². The first-order chi connectivity index (χ1) is 9.18. The molecule has 0 saturated carbocycles. The van der Waals surface area contributed by atoms with E-state index in [1.54, 1.807) is 6.07 Å². The Morgan fingerprint density at radius 1 is 1.25 bits per heavy atom. The van der Waals surface area contributed by atoms with E-state index in [2.05, 4.69) is 4.72 Å². The van der Waals surface area contributed by atoms with Crippen LogP contribution in [0.25, 0.3) is 0 Å². The van der Waals surface area contributed by atoms with Gasteiger partial charge in [-0.3, -0.25) is 0 Å². The van der Waals surface area contributed by atoms with Crippen LogP contribution < -0.4 is 4.72 Å². The highest BCUT2D eigenvalue weighted by Crippen LogP contribution is 2.29. The second kappa shape index (κ2) is 5.90. The summed E-state index contributed by atoms with van der Waals surface area (Å²) in [6.07, 6.45) is 2.03. The largest absolute Gasteiger partial charge is 0.252 e. The van der Waals surface area contributed by atoms with Crippen molar-refractivity contribution in [2.75, 3.05) is 19.3 Å². The molecule has 1 aromatic heterocycles. The Balaban J connectivity index is 2.04. The Hall–Kier alpha value is -0.190. The SMILES string of the molecule is CS(=O)(=O)NC1CCN(S(=O)(=O)c2ccc(Cl)s2)CC1. The lowest BCUT2D eigenvalue weighted by atomic mass is 10.1. The predicted octanol–water partition coefficient (Wildman–Crippen LogP) is 1.10. The maximum atomic E-state index is 12.3. The van der Waals surface area contributed by atoms with E-state index in [4.69, 9.17) is 11.6 Å². The fraction of sp³-hybridized carbons (Fsp3) is 0.600. The van der Waals surface area contributed by atoms with Crippen LogP contribution in [0.4, 0.5) is 0 Å². The molecule has 6 nitrogen and oxygen atoms in total. The van der Waals surface area contributed by atoms with Crippen molar-refractivity contribution in [1.29, 1.82) is 0 Å². The molecule has 1 saturated heterocycles. The molecule has 1 aliphatic heterocycles. The zero-order chi connectivity index (χ0) is 15.0. The molecule has 1 fully saturated rings. The van der Waals surface area contributed by atoms with Crippen molar-refractivity contribution < 1.29 is 16.8 Å². The first-order valence-electron chi connectivity index (χ1n) is 5.91. The van der Waals surface area contributed by atoms with Crippen molar-refractivity contribution >= 4 is 43.0 Å². The third-order valence-electron chi connectivity index (χ3n) is 2.98. The Morgan fingerprint density at radius 3 is 2.30 bits per heavy atom. The molecular weight excluding hydrogens is 344 g/mol. The van der Waals surface area contributed by atoms with E-state index in [1.165, 1.54) is 10.4 Å². The summed E-state index contributed by atoms with van der Waals surface area (Å²) in [5.74, 6) is 0. The smallest absolute Gasteiger partial charge is 0.213 e. The van der Waals surface area contributed by atoms with Crippen LogP contribution in [-0.4, -0.2) is 46.5 Å². The van der Waals surface area contributed by atoms with E-state index in [0.29, 0.717) is 30.3 Å². The second-order valence-electron chi connectivity index (χ2n) is 4.63. The second-order valence-corrected chi connectivity index (χ2v) is 10.3. The van der Waals surface area contributed by atoms with Gasteiger partial charge < -0.3 is 0 Å². The summed E-state index contributed by atoms with van der Waals surface area (Å²) in [6.45, 7) is 0.593. The van der Waals surface area contributed by atoms with Gasteiger partial charge in [0.05, 0.1) is 10.6 Å². The molecular formula is C10H15ClN2O4S3. The zero-order valence-corrected chi connectivity index (χ0v) is 13.9. The molecule has 0 aliphatic carbocycles. The van der Waals surface area contributed by atoms with Crippen molar-refractivity contribution in [1.82, 2.24) is 9.03 Å². The van der Waals surface area contributed by atoms with Crippen LogP contribution in [0.5, 0.6) is 0 Å². The van der Waals surface area contributed by atoms with Gasteiger partial charge in [-0.25, -0.2) is 21.6 Å². The molecule has 1 aromatic rings. The molecule has 2 rings (SSSR count). The van der Waals surface area contributed by atoms with Crippen LogP contribution in [-0.2, 0) is 20.0 Å². The molecule has 1 N–H and O–H groups in total. The highest BCUT2D eigenvalue weighted by molar-refractivity contribution is 7.91. The first-order valence-corrected chi connectivity index (χ1v) is 10.4. The highest BCUT2D eigenvalue weighted by atomic mass is 35.5. The number of halogens is 1. The number of nitrogens with one attached hydrogen (secondary N) is 1. The normalized spacial score (nSPS) is 19.3. The lowest BCUT2D eigenvalue weighted by Crippen LogP contribution is -2.46. The van der Waals surface area contributed by atoms with Crippen LogP contribution >= 0.6 is 22.9 Å². The van der Waals surface area contributed by atoms with Gasteiger partial charge in [0.1, 0.15) is 4.21 Å². The summed E-state index contributed by atoms with van der Waals surface area (Å²) < 4.78 is 51.5. The van der Waals surface area contributed by atoms with Crippen LogP contribution in [0.1, 0.15) is 12.8 Å². The summed E-state index contributed by atoms with van der Waals surface area (Å²) >= 11 is 6.78. The summed E-state index contributed by atoms with van der Waals surface area (Å²) in [6, 6.07) is 2.84. The lowest BCUT2D eigenvalue weighted by molar-refractivity contribution is 0.309. The Kier molecular flexibility index (Phi) is 4.77. The quantitative estimate of drug-likeness (QED) is 0.873. The molecule has 1 aliphatic rings. The molecule has 0 bridgehead atoms. The summed E-state index contributed by atoms with van der Waals surface area (Å²) in [4.78, 5) is 0.